The second kappa shape index (κ2) is 10.4. The summed E-state index contributed by atoms with van der Waals surface area (Å²) >= 11 is -3.97. The second-order valence-corrected chi connectivity index (χ2v) is 27.1. The molecule has 1 heterocycles. The van der Waals surface area contributed by atoms with E-state index in [1.165, 1.54) is 58.2 Å². The summed E-state index contributed by atoms with van der Waals surface area (Å²) in [6, 6.07) is 31.3. The first-order chi connectivity index (χ1) is 18.3. The van der Waals surface area contributed by atoms with Crippen LogP contribution in [-0.4, -0.2) is 9.52 Å². The predicted molar refractivity (Wildman–Crippen MR) is 167 cm³/mol. The molecule has 4 aromatic rings. The van der Waals surface area contributed by atoms with Gasteiger partial charge in [0.2, 0.25) is 0 Å². The molecule has 192 valence electrons. The summed E-state index contributed by atoms with van der Waals surface area (Å²) in [6.07, 6.45) is 3.57. The summed E-state index contributed by atoms with van der Waals surface area (Å²) in [7, 11) is 15.1. The molecule has 2 unspecified atom stereocenters. The summed E-state index contributed by atoms with van der Waals surface area (Å²) in [4.78, 5) is 0. The Labute approximate surface area is 241 Å². The zero-order valence-electron chi connectivity index (χ0n) is 22.6. The number of hydrogen-bond acceptors (Lipinski definition) is 0. The van der Waals surface area contributed by atoms with Crippen molar-refractivity contribution in [3.8, 4) is 22.3 Å². The molecule has 2 atom stereocenters. The Hall–Kier alpha value is -1.70. The van der Waals surface area contributed by atoms with Crippen LogP contribution in [0.3, 0.4) is 0 Å². The van der Waals surface area contributed by atoms with E-state index in [1.54, 1.807) is 0 Å². The van der Waals surface area contributed by atoms with Crippen LogP contribution in [0, 0.1) is 5.92 Å². The number of fused-ring (bicyclic) bond motifs is 4. The normalized spacial score (nSPS) is 17.3. The molecule has 0 N–H and O–H groups in total. The van der Waals surface area contributed by atoms with Crippen molar-refractivity contribution in [2.75, 3.05) is 0 Å². The molecule has 0 saturated carbocycles. The average molecular weight is 633 g/mol. The summed E-state index contributed by atoms with van der Waals surface area (Å²) in [6.45, 7) is 9.23. The first kappa shape index (κ1) is 26.5. The van der Waals surface area contributed by atoms with Gasteiger partial charge in [0.05, 0.1) is 0 Å². The third-order valence-electron chi connectivity index (χ3n) is 8.71. The molecule has 4 heteroatoms. The van der Waals surface area contributed by atoms with Gasteiger partial charge in [0.1, 0.15) is 0 Å². The van der Waals surface area contributed by atoms with E-state index < -0.39 is 27.4 Å². The van der Waals surface area contributed by atoms with Gasteiger partial charge in [0, 0.05) is 0 Å². The van der Waals surface area contributed by atoms with Crippen LogP contribution in [0.4, 0.5) is 0 Å². The van der Waals surface area contributed by atoms with Gasteiger partial charge in [-0.05, 0) is 0 Å². The monoisotopic (exact) mass is 630 g/mol. The van der Waals surface area contributed by atoms with Crippen molar-refractivity contribution in [1.29, 1.82) is 0 Å². The zero-order valence-corrected chi connectivity index (χ0v) is 27.9. The molecule has 0 spiro atoms. The van der Waals surface area contributed by atoms with Crippen LogP contribution in [0.5, 0.6) is 0 Å². The fourth-order valence-corrected chi connectivity index (χ4v) is 23.6. The molecule has 0 radical (unpaired) electrons. The quantitative estimate of drug-likeness (QED) is 0.167. The van der Waals surface area contributed by atoms with Crippen molar-refractivity contribution in [3.05, 3.63) is 107 Å². The fourth-order valence-electron chi connectivity index (χ4n) is 6.58. The molecular formula is C34H34Cl2SiZr. The van der Waals surface area contributed by atoms with Crippen LogP contribution in [0.25, 0.3) is 28.3 Å². The van der Waals surface area contributed by atoms with Crippen molar-refractivity contribution >= 4 is 46.3 Å². The molecule has 0 bridgehead atoms. The third-order valence-corrected chi connectivity index (χ3v) is 23.0. The molecule has 0 fully saturated rings. The van der Waals surface area contributed by atoms with Crippen LogP contribution >= 0.6 is 17.0 Å². The Morgan fingerprint density at radius 3 is 2.26 bits per heavy atom. The van der Waals surface area contributed by atoms with Gasteiger partial charge in [0.15, 0.2) is 0 Å². The maximum absolute atomic E-state index is 7.85. The van der Waals surface area contributed by atoms with Crippen LogP contribution in [0.2, 0.25) is 0 Å². The standard InChI is InChI=1S/C22H25.C12H9Si.2ClH.Zr/c1-5-16(4)20-12-11-18-13-19(15(2)3)14-21(18)22(20)17-9-7-6-8-10-17;1-3-7-11-9(5-1)10-6-2-4-8-12(10)13-11;;;/h6-16H,5H2,1-4H3;1-7H,13H2;2*1H;/q;;;;+2/p-2. The van der Waals surface area contributed by atoms with Gasteiger partial charge in [-0.3, -0.25) is 0 Å². The van der Waals surface area contributed by atoms with Gasteiger partial charge >= 0.3 is 243 Å². The van der Waals surface area contributed by atoms with E-state index in [0.29, 0.717) is 11.8 Å². The van der Waals surface area contributed by atoms with Gasteiger partial charge < -0.3 is 0 Å². The first-order valence-electron chi connectivity index (χ1n) is 13.8. The van der Waals surface area contributed by atoms with Crippen LogP contribution in [-0.2, 0) is 17.9 Å². The van der Waals surface area contributed by atoms with Crippen molar-refractivity contribution in [2.24, 2.45) is 5.92 Å². The summed E-state index contributed by atoms with van der Waals surface area (Å²) in [5.41, 5.74) is 10.9. The van der Waals surface area contributed by atoms with Crippen molar-refractivity contribution in [2.45, 2.75) is 43.7 Å². The van der Waals surface area contributed by atoms with E-state index in [2.05, 4.69) is 119 Å². The minimum absolute atomic E-state index is 0.111. The Morgan fingerprint density at radius 2 is 1.53 bits per heavy atom. The molecule has 1 aliphatic carbocycles. The predicted octanol–water partition coefficient (Wildman–Crippen LogP) is 7.85. The molecule has 38 heavy (non-hydrogen) atoms. The molecule has 1 aliphatic heterocycles. The van der Waals surface area contributed by atoms with Crippen LogP contribution in [0.1, 0.15) is 60.3 Å². The molecular weight excluding hydrogens is 599 g/mol. The number of allylic oxidation sites excluding steroid dienone is 1. The topological polar surface area (TPSA) is 0 Å². The SMILES string of the molecule is CCC(C)c1ccc2c(c1-c1ccccc1)C=C(C(C)C)[CH]2[Zr]([Cl])([Cl])[c]1cccc2c1[SiH2]c1ccccc1-2. The maximum atomic E-state index is 7.85. The second-order valence-electron chi connectivity index (χ2n) is 11.2. The van der Waals surface area contributed by atoms with Gasteiger partial charge in [-0.1, -0.05) is 0 Å². The van der Waals surface area contributed by atoms with E-state index >= 15 is 0 Å². The van der Waals surface area contributed by atoms with Crippen molar-refractivity contribution in [1.82, 2.24) is 0 Å². The Morgan fingerprint density at radius 1 is 0.816 bits per heavy atom. The number of rotatable bonds is 6. The Bertz CT molecular complexity index is 1550. The summed E-state index contributed by atoms with van der Waals surface area (Å²) in [5, 5.41) is 3.01. The average Bonchev–Trinajstić information content (AvgIpc) is 3.52. The van der Waals surface area contributed by atoms with Gasteiger partial charge in [-0.2, -0.15) is 0 Å². The van der Waals surface area contributed by atoms with E-state index in [1.807, 2.05) is 0 Å². The van der Waals surface area contributed by atoms with E-state index in [9.17, 15) is 0 Å². The molecule has 0 aromatic heterocycles. The first-order valence-corrected chi connectivity index (χ1v) is 24.2. The van der Waals surface area contributed by atoms with Crippen LogP contribution in [0.15, 0.2) is 90.5 Å². The van der Waals surface area contributed by atoms with Gasteiger partial charge in [-0.15, -0.1) is 0 Å². The van der Waals surface area contributed by atoms with Crippen LogP contribution < -0.4 is 13.6 Å². The Kier molecular flexibility index (Phi) is 7.23. The van der Waals surface area contributed by atoms with Gasteiger partial charge in [0.25, 0.3) is 0 Å². The molecule has 0 nitrogen and oxygen atoms in total. The van der Waals surface area contributed by atoms with Crippen molar-refractivity contribution < 1.29 is 17.9 Å². The third kappa shape index (κ3) is 4.28. The molecule has 2 aliphatic rings. The number of benzene rings is 4. The number of halogens is 2. The van der Waals surface area contributed by atoms with E-state index in [0.717, 1.165) is 6.42 Å². The van der Waals surface area contributed by atoms with E-state index in [-0.39, 0.29) is 3.63 Å². The zero-order chi connectivity index (χ0) is 26.6. The minimum atomic E-state index is -3.97. The molecule has 4 aromatic carbocycles. The molecule has 0 saturated heterocycles. The number of hydrogen-bond donors (Lipinski definition) is 0. The Balaban J connectivity index is 1.56. The van der Waals surface area contributed by atoms with E-state index in [4.69, 9.17) is 17.0 Å². The summed E-state index contributed by atoms with van der Waals surface area (Å²) < 4.78 is 1.42. The molecule has 0 amide bonds. The van der Waals surface area contributed by atoms with Gasteiger partial charge in [-0.25, -0.2) is 0 Å². The molecule has 6 rings (SSSR count). The summed E-state index contributed by atoms with van der Waals surface area (Å²) in [5.74, 6) is 0.857. The van der Waals surface area contributed by atoms with Crippen molar-refractivity contribution in [3.63, 3.8) is 0 Å². The fraction of sp³-hybridized carbons (Fsp3) is 0.235.